The molecule has 114 valence electrons. The first-order chi connectivity index (χ1) is 10.0. The summed E-state index contributed by atoms with van der Waals surface area (Å²) in [5, 5.41) is 8.26. The molecule has 0 aliphatic carbocycles. The molecule has 2 rings (SSSR count). The number of carbonyl (C=O) groups excluding carboxylic acids is 1. The van der Waals surface area contributed by atoms with Crippen molar-refractivity contribution < 1.29 is 9.53 Å². The molecule has 1 amide bonds. The Bertz CT molecular complexity index is 632. The number of fused-ring (bicyclic) bond motifs is 1. The molecular formula is C16H23N3O2. The normalized spacial score (nSPS) is 11.1. The summed E-state index contributed by atoms with van der Waals surface area (Å²) < 4.78 is 7.28. The largest absolute Gasteiger partial charge is 0.478 e. The van der Waals surface area contributed by atoms with E-state index in [4.69, 9.17) is 4.74 Å². The van der Waals surface area contributed by atoms with E-state index in [1.165, 1.54) is 0 Å². The maximum absolute atomic E-state index is 12.1. The first-order valence-corrected chi connectivity index (χ1v) is 7.40. The summed E-state index contributed by atoms with van der Waals surface area (Å²) >= 11 is 0. The topological polar surface area (TPSA) is 56.1 Å². The van der Waals surface area contributed by atoms with Crippen molar-refractivity contribution in [3.8, 4) is 5.88 Å². The van der Waals surface area contributed by atoms with Crippen molar-refractivity contribution in [3.63, 3.8) is 0 Å². The van der Waals surface area contributed by atoms with Gasteiger partial charge < -0.3 is 10.1 Å². The molecular weight excluding hydrogens is 266 g/mol. The molecule has 0 saturated heterocycles. The van der Waals surface area contributed by atoms with E-state index in [1.54, 1.807) is 4.68 Å². The van der Waals surface area contributed by atoms with Gasteiger partial charge in [0.05, 0.1) is 17.5 Å². The molecule has 1 heterocycles. The molecule has 0 saturated carbocycles. The van der Waals surface area contributed by atoms with E-state index in [-0.39, 0.29) is 5.91 Å². The van der Waals surface area contributed by atoms with Crippen LogP contribution in [0.1, 0.15) is 37.6 Å². The van der Waals surface area contributed by atoms with Gasteiger partial charge in [0, 0.05) is 19.2 Å². The van der Waals surface area contributed by atoms with E-state index < -0.39 is 0 Å². The molecule has 0 bridgehead atoms. The molecule has 0 aliphatic rings. The molecule has 0 spiro atoms. The van der Waals surface area contributed by atoms with Gasteiger partial charge >= 0.3 is 0 Å². The molecule has 0 aliphatic heterocycles. The Kier molecular flexibility index (Phi) is 4.83. The lowest BCUT2D eigenvalue weighted by Gasteiger charge is -2.07. The van der Waals surface area contributed by atoms with Gasteiger partial charge in [-0.1, -0.05) is 13.8 Å². The molecule has 0 unspecified atom stereocenters. The van der Waals surface area contributed by atoms with Crippen LogP contribution in [0.4, 0.5) is 0 Å². The van der Waals surface area contributed by atoms with Gasteiger partial charge in [0.15, 0.2) is 0 Å². The molecule has 1 N–H and O–H groups in total. The Morgan fingerprint density at radius 1 is 1.43 bits per heavy atom. The molecule has 21 heavy (non-hydrogen) atoms. The summed E-state index contributed by atoms with van der Waals surface area (Å²) in [7, 11) is 1.84. The Morgan fingerprint density at radius 3 is 2.86 bits per heavy atom. The van der Waals surface area contributed by atoms with Gasteiger partial charge in [0.25, 0.3) is 5.91 Å². The van der Waals surface area contributed by atoms with Crippen molar-refractivity contribution in [1.29, 1.82) is 0 Å². The molecule has 5 heteroatoms. The fourth-order valence-corrected chi connectivity index (χ4v) is 2.20. The molecule has 1 aromatic carbocycles. The van der Waals surface area contributed by atoms with Crippen molar-refractivity contribution in [2.75, 3.05) is 13.2 Å². The van der Waals surface area contributed by atoms with Crippen LogP contribution in [0.25, 0.3) is 10.9 Å². The van der Waals surface area contributed by atoms with Crippen LogP contribution < -0.4 is 10.1 Å². The van der Waals surface area contributed by atoms with Gasteiger partial charge in [-0.3, -0.25) is 4.79 Å². The average Bonchev–Trinajstić information content (AvgIpc) is 2.74. The third-order valence-corrected chi connectivity index (χ3v) is 3.33. The van der Waals surface area contributed by atoms with Crippen molar-refractivity contribution in [2.45, 2.75) is 27.2 Å². The third-order valence-electron chi connectivity index (χ3n) is 3.33. The fourth-order valence-electron chi connectivity index (χ4n) is 2.20. The Balaban J connectivity index is 2.17. The van der Waals surface area contributed by atoms with E-state index in [0.29, 0.717) is 24.6 Å². The highest BCUT2D eigenvalue weighted by Gasteiger charge is 2.13. The lowest BCUT2D eigenvalue weighted by atomic mass is 10.1. The monoisotopic (exact) mass is 289 g/mol. The number of hydrogen-bond donors (Lipinski definition) is 1. The third kappa shape index (κ3) is 3.54. The van der Waals surface area contributed by atoms with Crippen LogP contribution in [-0.2, 0) is 7.05 Å². The standard InChI is InChI=1S/C16H23N3O2/c1-5-21-16-13-7-6-12(10-14(13)18-19(16)4)15(20)17-9-8-11(2)3/h6-7,10-11H,5,8-9H2,1-4H3,(H,17,20). The van der Waals surface area contributed by atoms with E-state index in [2.05, 4.69) is 24.3 Å². The fraction of sp³-hybridized carbons (Fsp3) is 0.500. The lowest BCUT2D eigenvalue weighted by molar-refractivity contribution is 0.0952. The van der Waals surface area contributed by atoms with Crippen molar-refractivity contribution in [1.82, 2.24) is 15.1 Å². The summed E-state index contributed by atoms with van der Waals surface area (Å²) in [5.74, 6) is 1.26. The summed E-state index contributed by atoms with van der Waals surface area (Å²) in [5.41, 5.74) is 1.41. The van der Waals surface area contributed by atoms with E-state index in [1.807, 2.05) is 32.2 Å². The highest BCUT2D eigenvalue weighted by atomic mass is 16.5. The van der Waals surface area contributed by atoms with Crippen LogP contribution in [0, 0.1) is 5.92 Å². The minimum absolute atomic E-state index is 0.0545. The first kappa shape index (κ1) is 15.4. The molecule has 5 nitrogen and oxygen atoms in total. The van der Waals surface area contributed by atoms with Gasteiger partial charge in [-0.05, 0) is 37.5 Å². The minimum atomic E-state index is -0.0545. The quantitative estimate of drug-likeness (QED) is 0.889. The van der Waals surface area contributed by atoms with Gasteiger partial charge in [0.1, 0.15) is 0 Å². The van der Waals surface area contributed by atoms with E-state index in [0.717, 1.165) is 23.2 Å². The Hall–Kier alpha value is -2.04. The van der Waals surface area contributed by atoms with E-state index >= 15 is 0 Å². The number of rotatable bonds is 6. The molecule has 0 radical (unpaired) electrons. The zero-order valence-electron chi connectivity index (χ0n) is 13.1. The number of carbonyl (C=O) groups is 1. The van der Waals surface area contributed by atoms with Crippen LogP contribution in [0.5, 0.6) is 5.88 Å². The highest BCUT2D eigenvalue weighted by Crippen LogP contribution is 2.25. The van der Waals surface area contributed by atoms with E-state index in [9.17, 15) is 4.79 Å². The summed E-state index contributed by atoms with van der Waals surface area (Å²) in [6, 6.07) is 5.52. The second-order valence-corrected chi connectivity index (χ2v) is 5.53. The zero-order valence-corrected chi connectivity index (χ0v) is 13.1. The van der Waals surface area contributed by atoms with Gasteiger partial charge in [-0.15, -0.1) is 0 Å². The molecule has 1 aromatic heterocycles. The first-order valence-electron chi connectivity index (χ1n) is 7.40. The number of ether oxygens (including phenoxy) is 1. The zero-order chi connectivity index (χ0) is 15.4. The second-order valence-electron chi connectivity index (χ2n) is 5.53. The SMILES string of the molecule is CCOc1c2ccc(C(=O)NCCC(C)C)cc2nn1C. The van der Waals surface area contributed by atoms with Crippen molar-refractivity contribution >= 4 is 16.8 Å². The van der Waals surface area contributed by atoms with Crippen molar-refractivity contribution in [3.05, 3.63) is 23.8 Å². The number of nitrogens with one attached hydrogen (secondary N) is 1. The van der Waals surface area contributed by atoms with Gasteiger partial charge in [0.2, 0.25) is 5.88 Å². The maximum Gasteiger partial charge on any atom is 0.251 e. The number of aromatic nitrogens is 2. The van der Waals surface area contributed by atoms with Gasteiger partial charge in [-0.2, -0.15) is 5.10 Å². The summed E-state index contributed by atoms with van der Waals surface area (Å²) in [6.45, 7) is 7.51. The Morgan fingerprint density at radius 2 is 2.19 bits per heavy atom. The average molecular weight is 289 g/mol. The van der Waals surface area contributed by atoms with Crippen LogP contribution in [-0.4, -0.2) is 28.8 Å². The van der Waals surface area contributed by atoms with Crippen LogP contribution in [0.2, 0.25) is 0 Å². The van der Waals surface area contributed by atoms with Crippen molar-refractivity contribution in [2.24, 2.45) is 13.0 Å². The maximum atomic E-state index is 12.1. The van der Waals surface area contributed by atoms with Gasteiger partial charge in [-0.25, -0.2) is 4.68 Å². The van der Waals surface area contributed by atoms with Crippen LogP contribution in [0.3, 0.4) is 0 Å². The Labute approximate surface area is 125 Å². The van der Waals surface area contributed by atoms with Crippen LogP contribution in [0.15, 0.2) is 18.2 Å². The number of nitrogens with zero attached hydrogens (tertiary/aromatic N) is 2. The highest BCUT2D eigenvalue weighted by molar-refractivity contribution is 5.98. The number of hydrogen-bond acceptors (Lipinski definition) is 3. The molecule has 0 atom stereocenters. The number of benzene rings is 1. The minimum Gasteiger partial charge on any atom is -0.478 e. The lowest BCUT2D eigenvalue weighted by Crippen LogP contribution is -2.25. The number of aryl methyl sites for hydroxylation is 1. The predicted octanol–water partition coefficient (Wildman–Crippen LogP) is 2.75. The second kappa shape index (κ2) is 6.61. The number of amides is 1. The summed E-state index contributed by atoms with van der Waals surface area (Å²) in [6.07, 6.45) is 0.978. The molecule has 0 fully saturated rings. The predicted molar refractivity (Wildman–Crippen MR) is 83.7 cm³/mol. The van der Waals surface area contributed by atoms with Crippen LogP contribution >= 0.6 is 0 Å². The molecule has 2 aromatic rings. The smallest absolute Gasteiger partial charge is 0.251 e. The summed E-state index contributed by atoms with van der Waals surface area (Å²) in [4.78, 5) is 12.1.